The number of hydrogen-bond donors (Lipinski definition) is 3. The number of nitrogens with one attached hydrogen (secondary N) is 2. The number of carbonyl (C=O) groups is 2. The molecule has 6 nitrogen and oxygen atoms in total. The number of benzene rings is 2. The first-order chi connectivity index (χ1) is 18.0. The molecular formula is C30H35FN4O2. The number of hydrogen-bond acceptors (Lipinski definition) is 3. The monoisotopic (exact) mass is 502 g/mol. The molecule has 4 N–H and O–H groups in total. The number of H-pyrrole nitrogens is 1. The van der Waals surface area contributed by atoms with E-state index in [-0.39, 0.29) is 35.6 Å². The van der Waals surface area contributed by atoms with Crippen LogP contribution in [-0.4, -0.2) is 46.9 Å². The van der Waals surface area contributed by atoms with Gasteiger partial charge in [-0.1, -0.05) is 30.3 Å². The van der Waals surface area contributed by atoms with E-state index in [1.807, 2.05) is 0 Å². The second kappa shape index (κ2) is 11.3. The quantitative estimate of drug-likeness (QED) is 0.408. The molecule has 1 aliphatic carbocycles. The number of fused-ring (bicyclic) bond motifs is 1. The number of amides is 2. The third-order valence-electron chi connectivity index (χ3n) is 8.10. The second-order valence-electron chi connectivity index (χ2n) is 10.4. The minimum Gasteiger partial charge on any atom is -0.368 e. The van der Waals surface area contributed by atoms with Gasteiger partial charge in [0.2, 0.25) is 11.8 Å². The molecule has 5 rings (SSSR count). The molecule has 2 amide bonds. The van der Waals surface area contributed by atoms with Gasteiger partial charge < -0.3 is 20.9 Å². The van der Waals surface area contributed by atoms with Crippen molar-refractivity contribution in [1.29, 1.82) is 0 Å². The summed E-state index contributed by atoms with van der Waals surface area (Å²) in [4.78, 5) is 30.2. The Hall–Kier alpha value is -3.45. The molecule has 2 aromatic carbocycles. The normalized spacial score (nSPS) is 21.9. The van der Waals surface area contributed by atoms with E-state index in [0.29, 0.717) is 24.6 Å². The third kappa shape index (κ3) is 5.93. The molecule has 2 aliphatic rings. The Bertz CT molecular complexity index is 1270. The molecule has 1 atom stereocenters. The molecule has 1 aromatic heterocycles. The largest absolute Gasteiger partial charge is 0.368 e. The van der Waals surface area contributed by atoms with E-state index in [0.717, 1.165) is 38.5 Å². The molecule has 0 radical (unpaired) electrons. The van der Waals surface area contributed by atoms with Crippen LogP contribution in [0.4, 0.5) is 4.39 Å². The summed E-state index contributed by atoms with van der Waals surface area (Å²) < 4.78 is 13.4. The van der Waals surface area contributed by atoms with E-state index in [1.54, 1.807) is 23.1 Å². The van der Waals surface area contributed by atoms with E-state index in [9.17, 15) is 14.0 Å². The average Bonchev–Trinajstić information content (AvgIpc) is 3.35. The van der Waals surface area contributed by atoms with Crippen molar-refractivity contribution in [1.82, 2.24) is 15.2 Å². The fourth-order valence-corrected chi connectivity index (χ4v) is 6.04. The van der Waals surface area contributed by atoms with E-state index < -0.39 is 0 Å². The molecule has 1 unspecified atom stereocenters. The minimum atomic E-state index is -0.380. The molecule has 194 valence electrons. The van der Waals surface area contributed by atoms with Crippen LogP contribution in [0.1, 0.15) is 55.6 Å². The van der Waals surface area contributed by atoms with Crippen molar-refractivity contribution in [2.24, 2.45) is 11.7 Å². The third-order valence-corrected chi connectivity index (χ3v) is 8.10. The van der Waals surface area contributed by atoms with E-state index in [2.05, 4.69) is 40.8 Å². The number of halogens is 1. The molecule has 7 heteroatoms. The Balaban J connectivity index is 1.12. The van der Waals surface area contributed by atoms with Gasteiger partial charge in [0.05, 0.1) is 6.04 Å². The molecular weight excluding hydrogens is 467 g/mol. The highest BCUT2D eigenvalue weighted by molar-refractivity contribution is 5.92. The van der Waals surface area contributed by atoms with Crippen molar-refractivity contribution in [3.63, 3.8) is 0 Å². The maximum Gasteiger partial charge on any atom is 0.246 e. The first-order valence-corrected chi connectivity index (χ1v) is 13.3. The van der Waals surface area contributed by atoms with Gasteiger partial charge in [-0.05, 0) is 85.8 Å². The summed E-state index contributed by atoms with van der Waals surface area (Å²) in [5.41, 5.74) is 9.07. The molecule has 1 saturated carbocycles. The number of carbonyl (C=O) groups excluding carboxylic acids is 2. The molecule has 37 heavy (non-hydrogen) atoms. The van der Waals surface area contributed by atoms with Crippen LogP contribution in [0.25, 0.3) is 17.0 Å². The SMILES string of the molecule is NC(=O)C(NC1CCC(c2c[nH]c3ccccc23)CC1)C1CCN(C(=O)C=Cc2cccc(F)c2)CC1. The van der Waals surface area contributed by atoms with Crippen molar-refractivity contribution >= 4 is 28.8 Å². The van der Waals surface area contributed by atoms with Crippen molar-refractivity contribution < 1.29 is 14.0 Å². The first-order valence-electron chi connectivity index (χ1n) is 13.3. The Morgan fingerprint density at radius 2 is 1.78 bits per heavy atom. The molecule has 1 saturated heterocycles. The Labute approximate surface area is 217 Å². The fraction of sp³-hybridized carbons (Fsp3) is 0.400. The lowest BCUT2D eigenvalue weighted by Crippen LogP contribution is -2.54. The number of piperidine rings is 1. The zero-order chi connectivity index (χ0) is 25.8. The minimum absolute atomic E-state index is 0.0955. The predicted octanol–water partition coefficient (Wildman–Crippen LogP) is 4.73. The zero-order valence-corrected chi connectivity index (χ0v) is 21.0. The number of aromatic nitrogens is 1. The molecule has 0 bridgehead atoms. The van der Waals surface area contributed by atoms with Gasteiger partial charge >= 0.3 is 0 Å². The summed E-state index contributed by atoms with van der Waals surface area (Å²) in [6.07, 6.45) is 10.9. The average molecular weight is 503 g/mol. The summed E-state index contributed by atoms with van der Waals surface area (Å²) in [5, 5.41) is 4.90. The molecule has 2 fully saturated rings. The van der Waals surface area contributed by atoms with Crippen LogP contribution < -0.4 is 11.1 Å². The summed E-state index contributed by atoms with van der Waals surface area (Å²) in [6.45, 7) is 1.16. The van der Waals surface area contributed by atoms with Crippen molar-refractivity contribution in [2.75, 3.05) is 13.1 Å². The lowest BCUT2D eigenvalue weighted by atomic mass is 9.80. The van der Waals surface area contributed by atoms with Crippen LogP contribution in [0.5, 0.6) is 0 Å². The van der Waals surface area contributed by atoms with Crippen molar-refractivity contribution in [3.05, 3.63) is 77.7 Å². The maximum absolute atomic E-state index is 13.4. The predicted molar refractivity (Wildman–Crippen MR) is 144 cm³/mol. The van der Waals surface area contributed by atoms with Gasteiger partial charge in [0, 0.05) is 42.3 Å². The number of likely N-dealkylation sites (tertiary alicyclic amines) is 1. The lowest BCUT2D eigenvalue weighted by Gasteiger charge is -2.38. The molecule has 2 heterocycles. The van der Waals surface area contributed by atoms with Crippen LogP contribution in [0.3, 0.4) is 0 Å². The fourth-order valence-electron chi connectivity index (χ4n) is 6.04. The topological polar surface area (TPSA) is 91.2 Å². The Kier molecular flexibility index (Phi) is 7.70. The molecule has 3 aromatic rings. The standard InChI is InChI=1S/C30H35FN4O2/c31-23-5-3-4-20(18-23)8-13-28(36)35-16-14-22(15-17-35)29(30(32)37)34-24-11-9-21(10-12-24)26-19-33-27-7-2-1-6-25(26)27/h1-8,13,18-19,21-22,24,29,33-34H,9-12,14-17H2,(H2,32,37). The summed E-state index contributed by atoms with van der Waals surface area (Å²) >= 11 is 0. The van der Waals surface area contributed by atoms with Gasteiger partial charge in [0.15, 0.2) is 0 Å². The summed E-state index contributed by atoms with van der Waals surface area (Å²) in [5.74, 6) is -0.0979. The van der Waals surface area contributed by atoms with Crippen LogP contribution in [0.2, 0.25) is 0 Å². The van der Waals surface area contributed by atoms with Gasteiger partial charge in [0.1, 0.15) is 5.82 Å². The number of nitrogens with zero attached hydrogens (tertiary/aromatic N) is 1. The van der Waals surface area contributed by atoms with Crippen LogP contribution in [0.15, 0.2) is 60.8 Å². The van der Waals surface area contributed by atoms with Crippen LogP contribution >= 0.6 is 0 Å². The second-order valence-corrected chi connectivity index (χ2v) is 10.4. The van der Waals surface area contributed by atoms with E-state index in [4.69, 9.17) is 5.73 Å². The summed E-state index contributed by atoms with van der Waals surface area (Å²) in [7, 11) is 0. The number of aromatic amines is 1. The highest BCUT2D eigenvalue weighted by atomic mass is 19.1. The number of primary amides is 1. The van der Waals surface area contributed by atoms with Gasteiger partial charge in [-0.25, -0.2) is 4.39 Å². The van der Waals surface area contributed by atoms with E-state index >= 15 is 0 Å². The van der Waals surface area contributed by atoms with Crippen molar-refractivity contribution in [2.45, 2.75) is 56.5 Å². The lowest BCUT2D eigenvalue weighted by molar-refractivity contribution is -0.128. The van der Waals surface area contributed by atoms with Gasteiger partial charge in [-0.2, -0.15) is 0 Å². The molecule has 1 aliphatic heterocycles. The van der Waals surface area contributed by atoms with Gasteiger partial charge in [0.25, 0.3) is 0 Å². The van der Waals surface area contributed by atoms with Gasteiger partial charge in [-0.15, -0.1) is 0 Å². The van der Waals surface area contributed by atoms with Crippen LogP contribution in [-0.2, 0) is 9.59 Å². The van der Waals surface area contributed by atoms with Gasteiger partial charge in [-0.3, -0.25) is 9.59 Å². The number of nitrogens with two attached hydrogens (primary N) is 1. The van der Waals surface area contributed by atoms with Crippen LogP contribution in [0, 0.1) is 11.7 Å². The Morgan fingerprint density at radius 1 is 1.03 bits per heavy atom. The smallest absolute Gasteiger partial charge is 0.246 e. The number of para-hydroxylation sites is 1. The Morgan fingerprint density at radius 3 is 2.51 bits per heavy atom. The highest BCUT2D eigenvalue weighted by Gasteiger charge is 2.34. The van der Waals surface area contributed by atoms with Crippen molar-refractivity contribution in [3.8, 4) is 0 Å². The molecule has 0 spiro atoms. The first kappa shape index (κ1) is 25.2. The zero-order valence-electron chi connectivity index (χ0n) is 21.0. The number of rotatable bonds is 7. The van der Waals surface area contributed by atoms with E-state index in [1.165, 1.54) is 34.7 Å². The highest BCUT2D eigenvalue weighted by Crippen LogP contribution is 2.37. The maximum atomic E-state index is 13.4. The summed E-state index contributed by atoms with van der Waals surface area (Å²) in [6, 6.07) is 14.5.